The van der Waals surface area contributed by atoms with Crippen LogP contribution in [0.15, 0.2) is 24.3 Å². The molecule has 1 fully saturated rings. The topological polar surface area (TPSA) is 58.6 Å². The Hall–Kier alpha value is -2.18. The highest BCUT2D eigenvalue weighted by Gasteiger charge is 2.39. The summed E-state index contributed by atoms with van der Waals surface area (Å²) in [7, 11) is 0. The monoisotopic (exact) mass is 340 g/mol. The predicted molar refractivity (Wildman–Crippen MR) is 84.5 cm³/mol. The van der Waals surface area contributed by atoms with E-state index in [1.54, 1.807) is 17.0 Å². The quantitative estimate of drug-likeness (QED) is 0.896. The summed E-state index contributed by atoms with van der Waals surface area (Å²) < 4.78 is 28.8. The van der Waals surface area contributed by atoms with Crippen LogP contribution in [0.5, 0.6) is 5.75 Å². The summed E-state index contributed by atoms with van der Waals surface area (Å²) in [6, 6.07) is 6.17. The maximum Gasteiger partial charge on any atom is 0.387 e. The van der Waals surface area contributed by atoms with Gasteiger partial charge in [0.2, 0.25) is 11.8 Å². The number of carbonyl (C=O) groups excluding carboxylic acids is 2. The molecule has 0 aromatic heterocycles. The summed E-state index contributed by atoms with van der Waals surface area (Å²) in [6.07, 6.45) is 0.192. The average molecular weight is 340 g/mol. The fraction of sp³-hybridized carbons (Fsp3) is 0.529. The molecule has 132 valence electrons. The van der Waals surface area contributed by atoms with Crippen LogP contribution < -0.4 is 10.1 Å². The first-order valence-electron chi connectivity index (χ1n) is 7.79. The van der Waals surface area contributed by atoms with E-state index in [9.17, 15) is 18.4 Å². The zero-order chi connectivity index (χ0) is 17.9. The van der Waals surface area contributed by atoms with Crippen LogP contribution in [0.1, 0.15) is 32.8 Å². The van der Waals surface area contributed by atoms with Crippen LogP contribution in [0.3, 0.4) is 0 Å². The fourth-order valence-corrected chi connectivity index (χ4v) is 2.70. The Labute approximate surface area is 140 Å². The number of nitrogens with one attached hydrogen (secondary N) is 1. The van der Waals surface area contributed by atoms with E-state index in [1.807, 2.05) is 20.8 Å². The van der Waals surface area contributed by atoms with Crippen LogP contribution in [0.25, 0.3) is 0 Å². The minimum Gasteiger partial charge on any atom is -0.435 e. The second-order valence-corrected chi connectivity index (χ2v) is 6.82. The van der Waals surface area contributed by atoms with E-state index < -0.39 is 12.5 Å². The molecule has 1 aromatic rings. The number of nitrogens with zero attached hydrogens (tertiary/aromatic N) is 1. The van der Waals surface area contributed by atoms with Crippen molar-refractivity contribution < 1.29 is 23.1 Å². The molecular formula is C17H22F2N2O3. The number of hydrogen-bond acceptors (Lipinski definition) is 3. The van der Waals surface area contributed by atoms with Gasteiger partial charge in [0.25, 0.3) is 0 Å². The zero-order valence-corrected chi connectivity index (χ0v) is 14.0. The highest BCUT2D eigenvalue weighted by Crippen LogP contribution is 2.26. The molecule has 5 nitrogen and oxygen atoms in total. The molecule has 0 radical (unpaired) electrons. The van der Waals surface area contributed by atoms with Gasteiger partial charge < -0.3 is 15.0 Å². The summed E-state index contributed by atoms with van der Waals surface area (Å²) in [5.74, 6) is -0.589. The maximum absolute atomic E-state index is 12.3. The van der Waals surface area contributed by atoms with E-state index in [1.165, 1.54) is 12.1 Å². The smallest absolute Gasteiger partial charge is 0.387 e. The fourth-order valence-electron chi connectivity index (χ4n) is 2.70. The Kier molecular flexibility index (Phi) is 5.41. The summed E-state index contributed by atoms with van der Waals surface area (Å²) in [5.41, 5.74) is 0.339. The van der Waals surface area contributed by atoms with E-state index >= 15 is 0 Å². The third kappa shape index (κ3) is 4.66. The summed E-state index contributed by atoms with van der Waals surface area (Å²) >= 11 is 0. The van der Waals surface area contributed by atoms with E-state index in [4.69, 9.17) is 0 Å². The van der Waals surface area contributed by atoms with Gasteiger partial charge >= 0.3 is 6.61 Å². The Morgan fingerprint density at radius 3 is 2.71 bits per heavy atom. The van der Waals surface area contributed by atoms with E-state index in [0.717, 1.165) is 0 Å². The van der Waals surface area contributed by atoms with Crippen LogP contribution >= 0.6 is 0 Å². The van der Waals surface area contributed by atoms with Gasteiger partial charge in [0, 0.05) is 25.0 Å². The van der Waals surface area contributed by atoms with Gasteiger partial charge in [-0.15, -0.1) is 0 Å². The molecule has 24 heavy (non-hydrogen) atoms. The first-order valence-corrected chi connectivity index (χ1v) is 7.79. The molecule has 0 unspecified atom stereocenters. The number of rotatable bonds is 5. The van der Waals surface area contributed by atoms with Crippen LogP contribution in [0.4, 0.5) is 8.78 Å². The summed E-state index contributed by atoms with van der Waals surface area (Å²) in [6.45, 7) is 3.49. The molecule has 2 amide bonds. The number of benzene rings is 1. The lowest BCUT2D eigenvalue weighted by atomic mass is 10.1. The van der Waals surface area contributed by atoms with Gasteiger partial charge in [-0.2, -0.15) is 8.78 Å². The normalized spacial score (nSPS) is 18.2. The summed E-state index contributed by atoms with van der Waals surface area (Å²) in [4.78, 5) is 26.0. The molecule has 1 atom stereocenters. The second-order valence-electron chi connectivity index (χ2n) is 6.82. The number of halogens is 2. The average Bonchev–Trinajstić information content (AvgIpc) is 2.86. The molecule has 1 aliphatic heterocycles. The Morgan fingerprint density at radius 2 is 2.12 bits per heavy atom. The lowest BCUT2D eigenvalue weighted by Crippen LogP contribution is -2.43. The van der Waals surface area contributed by atoms with E-state index in [0.29, 0.717) is 12.1 Å². The number of alkyl halides is 2. The van der Waals surface area contributed by atoms with Crippen molar-refractivity contribution in [2.24, 2.45) is 5.92 Å². The Bertz CT molecular complexity index is 614. The van der Waals surface area contributed by atoms with Crippen molar-refractivity contribution in [1.29, 1.82) is 0 Å². The molecule has 1 heterocycles. The Morgan fingerprint density at radius 1 is 1.42 bits per heavy atom. The highest BCUT2D eigenvalue weighted by atomic mass is 19.3. The number of amides is 2. The molecule has 1 N–H and O–H groups in total. The standard InChI is InChI=1S/C17H22F2N2O3/c1-17(2,3)21-10-12(8-14(21)22)15(23)20-9-11-5-4-6-13(7-11)24-16(18)19/h4-7,12,16H,8-10H2,1-3H3,(H,20,23)/t12-/m1/s1. The van der Waals surface area contributed by atoms with Crippen molar-refractivity contribution in [2.75, 3.05) is 6.54 Å². The van der Waals surface area contributed by atoms with Gasteiger partial charge in [0.1, 0.15) is 5.75 Å². The molecule has 0 spiro atoms. The molecule has 1 saturated heterocycles. The molecule has 1 aromatic carbocycles. The lowest BCUT2D eigenvalue weighted by molar-refractivity contribution is -0.132. The predicted octanol–water partition coefficient (Wildman–Crippen LogP) is 2.55. The van der Waals surface area contributed by atoms with E-state index in [-0.39, 0.29) is 36.1 Å². The van der Waals surface area contributed by atoms with Crippen LogP contribution in [0, 0.1) is 5.92 Å². The first-order chi connectivity index (χ1) is 11.2. The zero-order valence-electron chi connectivity index (χ0n) is 14.0. The molecule has 1 aliphatic rings. The first kappa shape index (κ1) is 18.2. The van der Waals surface area contributed by atoms with Gasteiger partial charge in [-0.3, -0.25) is 9.59 Å². The molecule has 0 bridgehead atoms. The van der Waals surface area contributed by atoms with E-state index in [2.05, 4.69) is 10.1 Å². The van der Waals surface area contributed by atoms with Crippen LogP contribution in [-0.4, -0.2) is 35.4 Å². The highest BCUT2D eigenvalue weighted by molar-refractivity contribution is 5.89. The number of carbonyl (C=O) groups is 2. The van der Waals surface area contributed by atoms with Gasteiger partial charge in [-0.1, -0.05) is 12.1 Å². The lowest BCUT2D eigenvalue weighted by Gasteiger charge is -2.31. The van der Waals surface area contributed by atoms with Crippen molar-refractivity contribution in [3.8, 4) is 5.75 Å². The third-order valence-corrected chi connectivity index (χ3v) is 3.90. The number of likely N-dealkylation sites (tertiary alicyclic amines) is 1. The van der Waals surface area contributed by atoms with Crippen molar-refractivity contribution >= 4 is 11.8 Å². The van der Waals surface area contributed by atoms with Crippen molar-refractivity contribution in [2.45, 2.75) is 45.9 Å². The van der Waals surface area contributed by atoms with Gasteiger partial charge in [-0.25, -0.2) is 0 Å². The van der Waals surface area contributed by atoms with Crippen LogP contribution in [-0.2, 0) is 16.1 Å². The largest absolute Gasteiger partial charge is 0.435 e. The van der Waals surface area contributed by atoms with Crippen LogP contribution in [0.2, 0.25) is 0 Å². The molecule has 0 saturated carbocycles. The van der Waals surface area contributed by atoms with Crippen molar-refractivity contribution in [3.05, 3.63) is 29.8 Å². The second kappa shape index (κ2) is 7.15. The molecular weight excluding hydrogens is 318 g/mol. The minimum atomic E-state index is -2.89. The molecule has 7 heteroatoms. The molecule has 0 aliphatic carbocycles. The van der Waals surface area contributed by atoms with Crippen molar-refractivity contribution in [1.82, 2.24) is 10.2 Å². The van der Waals surface area contributed by atoms with Crippen molar-refractivity contribution in [3.63, 3.8) is 0 Å². The van der Waals surface area contributed by atoms with Gasteiger partial charge in [-0.05, 0) is 38.5 Å². The number of hydrogen-bond donors (Lipinski definition) is 1. The Balaban J connectivity index is 1.91. The number of ether oxygens (including phenoxy) is 1. The van der Waals surface area contributed by atoms with Gasteiger partial charge in [0.15, 0.2) is 0 Å². The molecule has 2 rings (SSSR count). The summed E-state index contributed by atoms with van der Waals surface area (Å²) in [5, 5.41) is 2.75. The SMILES string of the molecule is CC(C)(C)N1C[C@H](C(=O)NCc2cccc(OC(F)F)c2)CC1=O. The maximum atomic E-state index is 12.3. The minimum absolute atomic E-state index is 0.0324. The third-order valence-electron chi connectivity index (χ3n) is 3.90. The van der Waals surface area contributed by atoms with Gasteiger partial charge in [0.05, 0.1) is 5.92 Å².